The Labute approximate surface area is 89.7 Å². The molecule has 0 bridgehead atoms. The molecule has 0 aliphatic rings. The van der Waals surface area contributed by atoms with Crippen molar-refractivity contribution in [3.05, 3.63) is 30.3 Å². The normalized spacial score (nSPS) is 12.1. The summed E-state index contributed by atoms with van der Waals surface area (Å²) >= 11 is 0. The zero-order valence-electron chi connectivity index (χ0n) is 8.85. The lowest BCUT2D eigenvalue weighted by Crippen LogP contribution is -2.10. The minimum absolute atomic E-state index is 0.288. The van der Waals surface area contributed by atoms with Crippen LogP contribution in [0.15, 0.2) is 30.3 Å². The van der Waals surface area contributed by atoms with Gasteiger partial charge in [-0.1, -0.05) is 25.1 Å². The zero-order chi connectivity index (χ0) is 11.1. The second-order valence-electron chi connectivity index (χ2n) is 3.54. The third-order valence-corrected chi connectivity index (χ3v) is 2.21. The molecule has 0 unspecified atom stereocenters. The van der Waals surface area contributed by atoms with Crippen molar-refractivity contribution in [3.63, 3.8) is 0 Å². The third-order valence-electron chi connectivity index (χ3n) is 2.21. The molecule has 0 fully saturated rings. The summed E-state index contributed by atoms with van der Waals surface area (Å²) in [5.74, 6) is -0.195. The molecule has 0 saturated carbocycles. The summed E-state index contributed by atoms with van der Waals surface area (Å²) in [6, 6.07) is 9.53. The van der Waals surface area contributed by atoms with Crippen LogP contribution in [-0.4, -0.2) is 17.7 Å². The number of ether oxygens (including phenoxy) is 1. The van der Waals surface area contributed by atoms with Gasteiger partial charge < -0.3 is 9.84 Å². The number of aliphatic carboxylic acids is 1. The Bertz CT molecular complexity index is 295. The Hall–Kier alpha value is -1.51. The predicted octanol–water partition coefficient (Wildman–Crippen LogP) is 2.57. The molecule has 3 nitrogen and oxygen atoms in total. The molecule has 0 radical (unpaired) electrons. The van der Waals surface area contributed by atoms with Crippen LogP contribution in [0.5, 0.6) is 5.75 Å². The molecule has 0 heterocycles. The van der Waals surface area contributed by atoms with Gasteiger partial charge in [-0.25, -0.2) is 0 Å². The summed E-state index contributed by atoms with van der Waals surface area (Å²) in [7, 11) is 0. The first-order valence-corrected chi connectivity index (χ1v) is 5.11. The fourth-order valence-electron chi connectivity index (χ4n) is 1.22. The Kier molecular flexibility index (Phi) is 4.68. The smallest absolute Gasteiger partial charge is 0.306 e. The van der Waals surface area contributed by atoms with Crippen molar-refractivity contribution >= 4 is 5.97 Å². The van der Waals surface area contributed by atoms with Crippen LogP contribution in [0.4, 0.5) is 0 Å². The fourth-order valence-corrected chi connectivity index (χ4v) is 1.22. The van der Waals surface area contributed by atoms with Gasteiger partial charge in [0.1, 0.15) is 5.75 Å². The van der Waals surface area contributed by atoms with Crippen molar-refractivity contribution in [3.8, 4) is 5.75 Å². The molecule has 0 aliphatic carbocycles. The van der Waals surface area contributed by atoms with E-state index in [0.29, 0.717) is 13.0 Å². The maximum atomic E-state index is 10.5. The van der Waals surface area contributed by atoms with Gasteiger partial charge >= 0.3 is 5.97 Å². The second kappa shape index (κ2) is 6.06. The number of hydrogen-bond acceptors (Lipinski definition) is 2. The van der Waals surface area contributed by atoms with Gasteiger partial charge in [-0.15, -0.1) is 0 Å². The second-order valence-corrected chi connectivity index (χ2v) is 3.54. The van der Waals surface area contributed by atoms with Crippen molar-refractivity contribution in [1.82, 2.24) is 0 Å². The molecular weight excluding hydrogens is 192 g/mol. The summed E-state index contributed by atoms with van der Waals surface area (Å²) in [6.45, 7) is 2.28. The first kappa shape index (κ1) is 11.6. The van der Waals surface area contributed by atoms with E-state index in [4.69, 9.17) is 9.84 Å². The summed E-state index contributed by atoms with van der Waals surface area (Å²) in [6.07, 6.45) is 1.42. The van der Waals surface area contributed by atoms with Crippen molar-refractivity contribution in [2.75, 3.05) is 6.61 Å². The average Bonchev–Trinajstić information content (AvgIpc) is 2.25. The minimum atomic E-state index is -0.741. The van der Waals surface area contributed by atoms with Gasteiger partial charge in [0.2, 0.25) is 0 Å². The Morgan fingerprint density at radius 1 is 1.40 bits per heavy atom. The van der Waals surface area contributed by atoms with Gasteiger partial charge in [0, 0.05) is 0 Å². The van der Waals surface area contributed by atoms with Crippen molar-refractivity contribution < 1.29 is 14.6 Å². The lowest BCUT2D eigenvalue weighted by molar-refractivity contribution is -0.141. The summed E-state index contributed by atoms with van der Waals surface area (Å²) in [5, 5.41) is 8.66. The van der Waals surface area contributed by atoms with Crippen molar-refractivity contribution in [2.24, 2.45) is 5.92 Å². The zero-order valence-corrected chi connectivity index (χ0v) is 8.85. The number of carbonyl (C=O) groups is 1. The van der Waals surface area contributed by atoms with E-state index in [2.05, 4.69) is 0 Å². The van der Waals surface area contributed by atoms with Gasteiger partial charge in [0.25, 0.3) is 0 Å². The average molecular weight is 208 g/mol. The van der Waals surface area contributed by atoms with E-state index < -0.39 is 5.97 Å². The van der Waals surface area contributed by atoms with Gasteiger partial charge in [-0.05, 0) is 25.0 Å². The van der Waals surface area contributed by atoms with E-state index in [1.807, 2.05) is 30.3 Å². The molecular formula is C12H16O3. The van der Waals surface area contributed by atoms with Gasteiger partial charge in [-0.3, -0.25) is 4.79 Å². The van der Waals surface area contributed by atoms with E-state index in [9.17, 15) is 4.79 Å². The summed E-state index contributed by atoms with van der Waals surface area (Å²) in [5.41, 5.74) is 0. The maximum absolute atomic E-state index is 10.5. The molecule has 0 saturated heterocycles. The number of para-hydroxylation sites is 1. The molecule has 0 amide bonds. The maximum Gasteiger partial charge on any atom is 0.306 e. The molecule has 0 aliphatic heterocycles. The molecule has 1 aromatic carbocycles. The molecule has 0 spiro atoms. The molecule has 1 rings (SSSR count). The van der Waals surface area contributed by atoms with Crippen LogP contribution in [0.2, 0.25) is 0 Å². The highest BCUT2D eigenvalue weighted by molar-refractivity contribution is 5.69. The minimum Gasteiger partial charge on any atom is -0.494 e. The van der Waals surface area contributed by atoms with E-state index >= 15 is 0 Å². The van der Waals surface area contributed by atoms with Gasteiger partial charge in [-0.2, -0.15) is 0 Å². The Morgan fingerprint density at radius 2 is 2.07 bits per heavy atom. The fraction of sp³-hybridized carbons (Fsp3) is 0.417. The molecule has 15 heavy (non-hydrogen) atoms. The van der Waals surface area contributed by atoms with E-state index in [1.165, 1.54) is 0 Å². The van der Waals surface area contributed by atoms with E-state index in [-0.39, 0.29) is 5.92 Å². The first-order valence-electron chi connectivity index (χ1n) is 5.11. The van der Waals surface area contributed by atoms with Crippen LogP contribution in [0.3, 0.4) is 0 Å². The van der Waals surface area contributed by atoms with Crippen LogP contribution >= 0.6 is 0 Å². The van der Waals surface area contributed by atoms with Gasteiger partial charge in [0.15, 0.2) is 0 Å². The molecule has 1 aromatic rings. The Morgan fingerprint density at radius 3 is 2.67 bits per heavy atom. The Balaban J connectivity index is 2.15. The molecule has 3 heteroatoms. The van der Waals surface area contributed by atoms with Crippen LogP contribution in [0.1, 0.15) is 19.8 Å². The number of rotatable bonds is 6. The third kappa shape index (κ3) is 4.49. The highest BCUT2D eigenvalue weighted by Crippen LogP contribution is 2.10. The predicted molar refractivity (Wildman–Crippen MR) is 58.0 cm³/mol. The quantitative estimate of drug-likeness (QED) is 0.731. The SMILES string of the molecule is C[C@@H](CCCOc1ccccc1)C(=O)O. The number of carboxylic acids is 1. The molecule has 82 valence electrons. The number of carboxylic acid groups (broad SMARTS) is 1. The largest absolute Gasteiger partial charge is 0.494 e. The van der Waals surface area contributed by atoms with Crippen molar-refractivity contribution in [2.45, 2.75) is 19.8 Å². The van der Waals surface area contributed by atoms with Gasteiger partial charge in [0.05, 0.1) is 12.5 Å². The van der Waals surface area contributed by atoms with Crippen LogP contribution in [0.25, 0.3) is 0 Å². The topological polar surface area (TPSA) is 46.5 Å². The van der Waals surface area contributed by atoms with Crippen LogP contribution in [-0.2, 0) is 4.79 Å². The highest BCUT2D eigenvalue weighted by Gasteiger charge is 2.09. The monoisotopic (exact) mass is 208 g/mol. The first-order chi connectivity index (χ1) is 7.20. The van der Waals surface area contributed by atoms with E-state index in [1.54, 1.807) is 6.92 Å². The molecule has 1 atom stereocenters. The lowest BCUT2D eigenvalue weighted by atomic mass is 10.1. The van der Waals surface area contributed by atoms with Crippen molar-refractivity contribution in [1.29, 1.82) is 0 Å². The molecule has 1 N–H and O–H groups in total. The summed E-state index contributed by atoms with van der Waals surface area (Å²) in [4.78, 5) is 10.5. The lowest BCUT2D eigenvalue weighted by Gasteiger charge is -2.07. The standard InChI is InChI=1S/C12H16O3/c1-10(12(13)14)6-5-9-15-11-7-3-2-4-8-11/h2-4,7-8,10H,5-6,9H2,1H3,(H,13,14)/t10-/m0/s1. The van der Waals surface area contributed by atoms with Crippen LogP contribution < -0.4 is 4.74 Å². The molecule has 0 aromatic heterocycles. The highest BCUT2D eigenvalue weighted by atomic mass is 16.5. The summed E-state index contributed by atoms with van der Waals surface area (Å²) < 4.78 is 5.44. The van der Waals surface area contributed by atoms with E-state index in [0.717, 1.165) is 12.2 Å². The van der Waals surface area contributed by atoms with Crippen LogP contribution in [0, 0.1) is 5.92 Å². The number of benzene rings is 1. The number of hydrogen-bond donors (Lipinski definition) is 1.